The van der Waals surface area contributed by atoms with Gasteiger partial charge < -0.3 is 9.64 Å². The van der Waals surface area contributed by atoms with Gasteiger partial charge in [-0.3, -0.25) is 9.52 Å². The highest BCUT2D eigenvalue weighted by atomic mass is 32.2. The Bertz CT molecular complexity index is 1530. The summed E-state index contributed by atoms with van der Waals surface area (Å²) in [6.45, 7) is 3.10. The highest BCUT2D eigenvalue weighted by Gasteiger charge is 2.53. The van der Waals surface area contributed by atoms with E-state index in [0.717, 1.165) is 43.2 Å². The standard InChI is InChI=1S/C28H35N3O6S2/c1-26(14-15-37-19-26)30-39(35,36)22-5-3-4-20(16-22)25(32)31-18-28(12-10-27(8-9-27)11-13-28)23-17-21(6-7-24(23)31)29-38(2,33)34/h3-7,16-17,29-30H,8-15,18-19H2,1-2H3. The van der Waals surface area contributed by atoms with Gasteiger partial charge >= 0.3 is 0 Å². The Balaban J connectivity index is 1.32. The number of carbonyl (C=O) groups is 1. The number of amides is 1. The van der Waals surface area contributed by atoms with Crippen molar-refractivity contribution in [3.8, 4) is 0 Å². The lowest BCUT2D eigenvalue weighted by Crippen LogP contribution is -2.46. The quantitative estimate of drug-likeness (QED) is 0.543. The van der Waals surface area contributed by atoms with Crippen LogP contribution in [-0.4, -0.2) is 54.3 Å². The van der Waals surface area contributed by atoms with Gasteiger partial charge in [-0.2, -0.15) is 0 Å². The van der Waals surface area contributed by atoms with E-state index in [1.165, 1.54) is 25.0 Å². The molecule has 1 saturated heterocycles. The first kappa shape index (κ1) is 26.7. The number of carbonyl (C=O) groups excluding carboxylic acids is 1. The molecule has 1 unspecified atom stereocenters. The second-order valence-electron chi connectivity index (χ2n) is 12.3. The summed E-state index contributed by atoms with van der Waals surface area (Å²) < 4.78 is 61.0. The molecule has 0 radical (unpaired) electrons. The monoisotopic (exact) mass is 573 g/mol. The van der Waals surface area contributed by atoms with Crippen molar-refractivity contribution in [1.82, 2.24) is 4.72 Å². The van der Waals surface area contributed by atoms with E-state index in [4.69, 9.17) is 4.74 Å². The zero-order valence-electron chi connectivity index (χ0n) is 22.3. The van der Waals surface area contributed by atoms with Gasteiger partial charge in [0.05, 0.1) is 23.3 Å². The predicted octanol–water partition coefficient (Wildman–Crippen LogP) is 3.77. The summed E-state index contributed by atoms with van der Waals surface area (Å²) >= 11 is 0. The third-order valence-electron chi connectivity index (χ3n) is 9.08. The van der Waals surface area contributed by atoms with Crippen molar-refractivity contribution in [3.63, 3.8) is 0 Å². The molecule has 2 aromatic rings. The minimum atomic E-state index is -3.86. The number of benzene rings is 2. The molecule has 2 N–H and O–H groups in total. The van der Waals surface area contributed by atoms with Crippen molar-refractivity contribution in [1.29, 1.82) is 0 Å². The Morgan fingerprint density at radius 2 is 1.67 bits per heavy atom. The molecule has 2 spiro atoms. The fourth-order valence-electron chi connectivity index (χ4n) is 6.57. The van der Waals surface area contributed by atoms with Crippen molar-refractivity contribution in [3.05, 3.63) is 53.6 Å². The number of nitrogens with zero attached hydrogens (tertiary/aromatic N) is 1. The van der Waals surface area contributed by atoms with E-state index in [1.807, 2.05) is 13.0 Å². The van der Waals surface area contributed by atoms with Crippen LogP contribution in [0.25, 0.3) is 0 Å². The van der Waals surface area contributed by atoms with Crippen molar-refractivity contribution in [2.75, 3.05) is 35.6 Å². The van der Waals surface area contributed by atoms with Crippen LogP contribution in [-0.2, 0) is 30.2 Å². The predicted molar refractivity (Wildman–Crippen MR) is 149 cm³/mol. The van der Waals surface area contributed by atoms with Crippen LogP contribution in [0.4, 0.5) is 11.4 Å². The van der Waals surface area contributed by atoms with E-state index in [0.29, 0.717) is 42.8 Å². The molecule has 2 aliphatic heterocycles. The maximum Gasteiger partial charge on any atom is 0.258 e. The molecule has 9 nitrogen and oxygen atoms in total. The summed E-state index contributed by atoms with van der Waals surface area (Å²) in [6, 6.07) is 11.5. The molecular weight excluding hydrogens is 538 g/mol. The van der Waals surface area contributed by atoms with Gasteiger partial charge in [-0.05, 0) is 99.2 Å². The van der Waals surface area contributed by atoms with E-state index in [1.54, 1.807) is 29.2 Å². The fourth-order valence-corrected chi connectivity index (χ4v) is 8.60. The summed E-state index contributed by atoms with van der Waals surface area (Å²) in [7, 11) is -7.32. The Morgan fingerprint density at radius 1 is 0.949 bits per heavy atom. The second kappa shape index (κ2) is 9.02. The van der Waals surface area contributed by atoms with Crippen LogP contribution in [0.3, 0.4) is 0 Å². The van der Waals surface area contributed by atoms with Gasteiger partial charge in [-0.15, -0.1) is 0 Å². The summed E-state index contributed by atoms with van der Waals surface area (Å²) in [5.74, 6) is -0.267. The van der Waals surface area contributed by atoms with E-state index >= 15 is 0 Å². The van der Waals surface area contributed by atoms with Crippen molar-refractivity contribution in [2.24, 2.45) is 5.41 Å². The molecule has 6 rings (SSSR count). The molecule has 1 amide bonds. The smallest absolute Gasteiger partial charge is 0.258 e. The van der Waals surface area contributed by atoms with E-state index in [9.17, 15) is 21.6 Å². The van der Waals surface area contributed by atoms with Crippen molar-refractivity contribution >= 4 is 37.3 Å². The highest BCUT2D eigenvalue weighted by molar-refractivity contribution is 7.92. The highest BCUT2D eigenvalue weighted by Crippen LogP contribution is 2.62. The summed E-state index contributed by atoms with van der Waals surface area (Å²) in [4.78, 5) is 15.7. The lowest BCUT2D eigenvalue weighted by Gasteiger charge is -2.38. The molecule has 11 heteroatoms. The number of hydrogen-bond acceptors (Lipinski definition) is 6. The van der Waals surface area contributed by atoms with Crippen LogP contribution in [0.1, 0.15) is 67.8 Å². The maximum atomic E-state index is 14.0. The van der Waals surface area contributed by atoms with Gasteiger partial charge in [0.25, 0.3) is 5.91 Å². The molecule has 0 aromatic heterocycles. The Morgan fingerprint density at radius 3 is 2.31 bits per heavy atom. The molecule has 0 bridgehead atoms. The van der Waals surface area contributed by atoms with Gasteiger partial charge in [-0.1, -0.05) is 6.07 Å². The Kier molecular flexibility index (Phi) is 6.18. The zero-order valence-corrected chi connectivity index (χ0v) is 24.0. The first-order valence-corrected chi connectivity index (χ1v) is 16.8. The van der Waals surface area contributed by atoms with Crippen LogP contribution < -0.4 is 14.3 Å². The minimum absolute atomic E-state index is 0.0386. The van der Waals surface area contributed by atoms with Gasteiger partial charge in [0.2, 0.25) is 20.0 Å². The second-order valence-corrected chi connectivity index (χ2v) is 15.7. The average Bonchev–Trinajstić information content (AvgIpc) is 3.39. The number of fused-ring (bicyclic) bond motifs is 2. The first-order chi connectivity index (χ1) is 18.3. The molecule has 210 valence electrons. The van der Waals surface area contributed by atoms with E-state index in [2.05, 4.69) is 9.44 Å². The SMILES string of the molecule is CC1(NS(=O)(=O)c2cccc(C(=O)N3CC4(CCC5(CC5)CC4)c4cc(NS(C)(=O)=O)ccc43)c2)CCOC1. The topological polar surface area (TPSA) is 122 Å². The molecule has 4 aliphatic rings. The van der Waals surface area contributed by atoms with Gasteiger partial charge in [-0.25, -0.2) is 21.6 Å². The minimum Gasteiger partial charge on any atom is -0.379 e. The summed E-state index contributed by atoms with van der Waals surface area (Å²) in [6.07, 6.45) is 8.29. The molecule has 3 fully saturated rings. The third-order valence-corrected chi connectivity index (χ3v) is 11.3. The van der Waals surface area contributed by atoms with E-state index in [-0.39, 0.29) is 16.2 Å². The molecular formula is C28H35N3O6S2. The Labute approximate surface area is 230 Å². The number of hydrogen-bond donors (Lipinski definition) is 2. The van der Waals surface area contributed by atoms with Crippen LogP contribution in [0.5, 0.6) is 0 Å². The zero-order chi connectivity index (χ0) is 27.7. The number of nitrogens with one attached hydrogen (secondary N) is 2. The van der Waals surface area contributed by atoms with Gasteiger partial charge in [0.15, 0.2) is 0 Å². The maximum absolute atomic E-state index is 14.0. The van der Waals surface area contributed by atoms with Crippen LogP contribution in [0, 0.1) is 5.41 Å². The van der Waals surface area contributed by atoms with Crippen LogP contribution in [0.15, 0.2) is 47.4 Å². The number of anilines is 2. The number of sulfonamides is 2. The summed E-state index contributed by atoms with van der Waals surface area (Å²) in [5, 5.41) is 0. The molecule has 39 heavy (non-hydrogen) atoms. The van der Waals surface area contributed by atoms with Crippen molar-refractivity contribution < 1.29 is 26.4 Å². The number of ether oxygens (including phenoxy) is 1. The molecule has 2 saturated carbocycles. The lowest BCUT2D eigenvalue weighted by atomic mass is 9.66. The average molecular weight is 574 g/mol. The molecule has 2 aliphatic carbocycles. The molecule has 1 atom stereocenters. The third kappa shape index (κ3) is 5.10. The molecule has 2 aromatic carbocycles. The fraction of sp³-hybridized carbons (Fsp3) is 0.536. The van der Waals surface area contributed by atoms with Crippen molar-refractivity contribution in [2.45, 2.75) is 67.7 Å². The lowest BCUT2D eigenvalue weighted by molar-refractivity contribution is 0.0980. The van der Waals surface area contributed by atoms with Crippen LogP contribution >= 0.6 is 0 Å². The molecule has 2 heterocycles. The Hall–Kier alpha value is -2.47. The van der Waals surface area contributed by atoms with E-state index < -0.39 is 25.6 Å². The summed E-state index contributed by atoms with van der Waals surface area (Å²) in [5.41, 5.74) is 2.03. The normalized spacial score (nSPS) is 25.1. The van der Waals surface area contributed by atoms with Gasteiger partial charge in [0, 0.05) is 35.5 Å². The number of rotatable bonds is 6. The van der Waals surface area contributed by atoms with Crippen LogP contribution in [0.2, 0.25) is 0 Å². The largest absolute Gasteiger partial charge is 0.379 e. The first-order valence-electron chi connectivity index (χ1n) is 13.5. The van der Waals surface area contributed by atoms with Gasteiger partial charge in [0.1, 0.15) is 0 Å².